The zero-order valence-electron chi connectivity index (χ0n) is 6.93. The third kappa shape index (κ3) is 1.54. The van der Waals surface area contributed by atoms with Gasteiger partial charge in [0.15, 0.2) is 0 Å². The number of rotatable bonds is 2. The van der Waals surface area contributed by atoms with E-state index in [4.69, 9.17) is 11.6 Å². The Morgan fingerprint density at radius 1 is 1.73 bits per heavy atom. The van der Waals surface area contributed by atoms with E-state index >= 15 is 0 Å². The predicted molar refractivity (Wildman–Crippen MR) is 45.7 cm³/mol. The molecule has 1 atom stereocenters. The van der Waals surface area contributed by atoms with Crippen molar-refractivity contribution in [3.8, 4) is 0 Å². The van der Waals surface area contributed by atoms with Crippen molar-refractivity contribution in [2.75, 3.05) is 7.05 Å². The maximum absolute atomic E-state index is 5.90. The normalized spacial score (nSPS) is 13.5. The van der Waals surface area contributed by atoms with Crippen molar-refractivity contribution < 1.29 is 0 Å². The van der Waals surface area contributed by atoms with Crippen molar-refractivity contribution in [1.82, 2.24) is 15.1 Å². The van der Waals surface area contributed by atoms with Gasteiger partial charge in [-0.25, -0.2) is 0 Å². The molecule has 0 aliphatic carbocycles. The first kappa shape index (κ1) is 8.56. The average Bonchev–Trinajstić information content (AvgIpc) is 2.30. The zero-order valence-corrected chi connectivity index (χ0v) is 7.68. The number of aromatic nitrogens is 2. The maximum atomic E-state index is 5.90. The zero-order chi connectivity index (χ0) is 8.43. The molecule has 0 spiro atoms. The lowest BCUT2D eigenvalue weighted by Gasteiger charge is -2.10. The SMILES string of the molecule is CNC(C)c1c(Cl)cnn1C. The Balaban J connectivity index is 3.00. The topological polar surface area (TPSA) is 29.9 Å². The molecular weight excluding hydrogens is 162 g/mol. The van der Waals surface area contributed by atoms with Crippen LogP contribution < -0.4 is 5.32 Å². The summed E-state index contributed by atoms with van der Waals surface area (Å²) >= 11 is 5.90. The molecule has 62 valence electrons. The minimum absolute atomic E-state index is 0.245. The average molecular weight is 174 g/mol. The van der Waals surface area contributed by atoms with E-state index in [9.17, 15) is 0 Å². The van der Waals surface area contributed by atoms with Crippen LogP contribution in [0.25, 0.3) is 0 Å². The summed E-state index contributed by atoms with van der Waals surface area (Å²) in [7, 11) is 3.78. The second-order valence-corrected chi connectivity index (χ2v) is 2.92. The highest BCUT2D eigenvalue weighted by atomic mass is 35.5. The Bertz CT molecular complexity index is 224. The fraction of sp³-hybridized carbons (Fsp3) is 0.571. The van der Waals surface area contributed by atoms with E-state index in [1.54, 1.807) is 10.9 Å². The highest BCUT2D eigenvalue weighted by molar-refractivity contribution is 6.31. The summed E-state index contributed by atoms with van der Waals surface area (Å²) in [4.78, 5) is 0. The largest absolute Gasteiger partial charge is 0.312 e. The van der Waals surface area contributed by atoms with Crippen LogP contribution in [-0.4, -0.2) is 16.8 Å². The van der Waals surface area contributed by atoms with E-state index in [0.717, 1.165) is 5.69 Å². The van der Waals surface area contributed by atoms with Crippen LogP contribution in [0.4, 0.5) is 0 Å². The number of halogens is 1. The lowest BCUT2D eigenvalue weighted by molar-refractivity contribution is 0.579. The van der Waals surface area contributed by atoms with E-state index < -0.39 is 0 Å². The first-order valence-corrected chi connectivity index (χ1v) is 3.89. The molecule has 1 aromatic rings. The molecule has 0 saturated carbocycles. The summed E-state index contributed by atoms with van der Waals surface area (Å²) in [5.74, 6) is 0. The van der Waals surface area contributed by atoms with Gasteiger partial charge in [-0.2, -0.15) is 5.10 Å². The number of aryl methyl sites for hydroxylation is 1. The second kappa shape index (κ2) is 3.24. The number of nitrogens with one attached hydrogen (secondary N) is 1. The minimum Gasteiger partial charge on any atom is -0.312 e. The highest BCUT2D eigenvalue weighted by Gasteiger charge is 2.11. The molecule has 0 fully saturated rings. The molecular formula is C7H12ClN3. The fourth-order valence-corrected chi connectivity index (χ4v) is 1.37. The summed E-state index contributed by atoms with van der Waals surface area (Å²) in [6.07, 6.45) is 1.66. The molecule has 1 rings (SSSR count). The van der Waals surface area contributed by atoms with Gasteiger partial charge in [-0.05, 0) is 14.0 Å². The number of hydrogen-bond donors (Lipinski definition) is 1. The molecule has 0 saturated heterocycles. The van der Waals surface area contributed by atoms with Gasteiger partial charge in [-0.3, -0.25) is 4.68 Å². The van der Waals surface area contributed by atoms with E-state index in [1.165, 1.54) is 0 Å². The standard InChI is InChI=1S/C7H12ClN3/c1-5(9-2)7-6(8)4-10-11(7)3/h4-5,9H,1-3H3. The third-order valence-electron chi connectivity index (χ3n) is 1.78. The monoisotopic (exact) mass is 173 g/mol. The van der Waals surface area contributed by atoms with Crippen LogP contribution >= 0.6 is 11.6 Å². The Hall–Kier alpha value is -0.540. The summed E-state index contributed by atoms with van der Waals surface area (Å²) in [6, 6.07) is 0.245. The Morgan fingerprint density at radius 3 is 2.73 bits per heavy atom. The second-order valence-electron chi connectivity index (χ2n) is 2.51. The van der Waals surface area contributed by atoms with Crippen LogP contribution in [0, 0.1) is 0 Å². The molecule has 3 nitrogen and oxygen atoms in total. The van der Waals surface area contributed by atoms with Gasteiger partial charge >= 0.3 is 0 Å². The van der Waals surface area contributed by atoms with Crippen LogP contribution in [-0.2, 0) is 7.05 Å². The maximum Gasteiger partial charge on any atom is 0.0833 e. The van der Waals surface area contributed by atoms with Gasteiger partial charge in [0, 0.05) is 13.1 Å². The van der Waals surface area contributed by atoms with Crippen molar-refractivity contribution in [2.24, 2.45) is 7.05 Å². The molecule has 1 unspecified atom stereocenters. The van der Waals surface area contributed by atoms with Gasteiger partial charge in [0.1, 0.15) is 0 Å². The highest BCUT2D eigenvalue weighted by Crippen LogP contribution is 2.20. The quantitative estimate of drug-likeness (QED) is 0.732. The van der Waals surface area contributed by atoms with Crippen molar-refractivity contribution >= 4 is 11.6 Å². The van der Waals surface area contributed by atoms with Crippen molar-refractivity contribution in [2.45, 2.75) is 13.0 Å². The molecule has 0 aromatic carbocycles. The molecule has 0 radical (unpaired) electrons. The van der Waals surface area contributed by atoms with Crippen LogP contribution in [0.2, 0.25) is 5.02 Å². The van der Waals surface area contributed by atoms with Gasteiger partial charge in [0.2, 0.25) is 0 Å². The predicted octanol–water partition coefficient (Wildman–Crippen LogP) is 1.35. The third-order valence-corrected chi connectivity index (χ3v) is 2.07. The Morgan fingerprint density at radius 2 is 2.36 bits per heavy atom. The fourth-order valence-electron chi connectivity index (χ4n) is 1.04. The van der Waals surface area contributed by atoms with Crippen molar-refractivity contribution in [3.05, 3.63) is 16.9 Å². The minimum atomic E-state index is 0.245. The number of hydrogen-bond acceptors (Lipinski definition) is 2. The molecule has 4 heteroatoms. The van der Waals surface area contributed by atoms with Crippen LogP contribution in [0.1, 0.15) is 18.7 Å². The molecule has 11 heavy (non-hydrogen) atoms. The Labute approximate surface area is 71.4 Å². The van der Waals surface area contributed by atoms with Gasteiger partial charge < -0.3 is 5.32 Å². The van der Waals surface area contributed by atoms with Gasteiger partial charge in [0.25, 0.3) is 0 Å². The lowest BCUT2D eigenvalue weighted by Crippen LogP contribution is -2.16. The van der Waals surface area contributed by atoms with Gasteiger partial charge in [-0.15, -0.1) is 0 Å². The van der Waals surface area contributed by atoms with E-state index in [2.05, 4.69) is 10.4 Å². The van der Waals surface area contributed by atoms with Gasteiger partial charge in [-0.1, -0.05) is 11.6 Å². The molecule has 0 bridgehead atoms. The molecule has 1 N–H and O–H groups in total. The van der Waals surface area contributed by atoms with Crippen molar-refractivity contribution in [1.29, 1.82) is 0 Å². The first-order valence-electron chi connectivity index (χ1n) is 3.51. The van der Waals surface area contributed by atoms with Crippen LogP contribution in [0.15, 0.2) is 6.20 Å². The lowest BCUT2D eigenvalue weighted by atomic mass is 10.2. The summed E-state index contributed by atoms with van der Waals surface area (Å²) in [5.41, 5.74) is 1.02. The molecule has 1 heterocycles. The van der Waals surface area contributed by atoms with E-state index in [1.807, 2.05) is 21.0 Å². The molecule has 1 aromatic heterocycles. The van der Waals surface area contributed by atoms with E-state index in [0.29, 0.717) is 5.02 Å². The molecule has 0 amide bonds. The summed E-state index contributed by atoms with van der Waals surface area (Å²) in [6.45, 7) is 2.04. The summed E-state index contributed by atoms with van der Waals surface area (Å²) in [5, 5.41) is 7.85. The smallest absolute Gasteiger partial charge is 0.0833 e. The molecule has 0 aliphatic rings. The Kier molecular flexibility index (Phi) is 2.52. The first-order chi connectivity index (χ1) is 5.16. The van der Waals surface area contributed by atoms with Crippen LogP contribution in [0.3, 0.4) is 0 Å². The van der Waals surface area contributed by atoms with Crippen LogP contribution in [0.5, 0.6) is 0 Å². The van der Waals surface area contributed by atoms with Crippen molar-refractivity contribution in [3.63, 3.8) is 0 Å². The molecule has 0 aliphatic heterocycles. The van der Waals surface area contributed by atoms with Gasteiger partial charge in [0.05, 0.1) is 16.9 Å². The number of nitrogens with zero attached hydrogens (tertiary/aromatic N) is 2. The van der Waals surface area contributed by atoms with E-state index in [-0.39, 0.29) is 6.04 Å². The summed E-state index contributed by atoms with van der Waals surface area (Å²) < 4.78 is 1.78.